The number of hydrogen-bond donors (Lipinski definition) is 1. The highest BCUT2D eigenvalue weighted by Gasteiger charge is 2.19. The SMILES string of the molecule is Cc1ccc(CCC(C)CCNC2CC2)cc1C. The van der Waals surface area contributed by atoms with Crippen molar-refractivity contribution in [3.05, 3.63) is 34.9 Å². The molecule has 18 heavy (non-hydrogen) atoms. The first kappa shape index (κ1) is 13.6. The molecular weight excluding hydrogens is 218 g/mol. The summed E-state index contributed by atoms with van der Waals surface area (Å²) in [5.41, 5.74) is 4.33. The zero-order valence-electron chi connectivity index (χ0n) is 12.1. The molecule has 1 heteroatoms. The zero-order chi connectivity index (χ0) is 13.0. The Hall–Kier alpha value is -0.820. The Morgan fingerprint density at radius 3 is 2.61 bits per heavy atom. The molecule has 0 bridgehead atoms. The van der Waals surface area contributed by atoms with E-state index >= 15 is 0 Å². The van der Waals surface area contributed by atoms with Crippen molar-refractivity contribution in [2.45, 2.75) is 58.9 Å². The van der Waals surface area contributed by atoms with Gasteiger partial charge in [-0.2, -0.15) is 0 Å². The Balaban J connectivity index is 1.67. The van der Waals surface area contributed by atoms with E-state index in [1.54, 1.807) is 0 Å². The molecule has 0 amide bonds. The molecule has 1 aliphatic rings. The fourth-order valence-electron chi connectivity index (χ4n) is 2.34. The van der Waals surface area contributed by atoms with Crippen LogP contribution in [0.2, 0.25) is 0 Å². The van der Waals surface area contributed by atoms with Gasteiger partial charge in [0.25, 0.3) is 0 Å². The molecule has 1 nitrogen and oxygen atoms in total. The van der Waals surface area contributed by atoms with Crippen molar-refractivity contribution >= 4 is 0 Å². The van der Waals surface area contributed by atoms with Crippen LogP contribution in [0.25, 0.3) is 0 Å². The molecule has 0 saturated heterocycles. The lowest BCUT2D eigenvalue weighted by Crippen LogP contribution is -2.19. The van der Waals surface area contributed by atoms with E-state index < -0.39 is 0 Å². The lowest BCUT2D eigenvalue weighted by atomic mass is 9.96. The van der Waals surface area contributed by atoms with E-state index in [9.17, 15) is 0 Å². The highest BCUT2D eigenvalue weighted by Crippen LogP contribution is 2.19. The van der Waals surface area contributed by atoms with Crippen molar-refractivity contribution < 1.29 is 0 Å². The highest BCUT2D eigenvalue weighted by atomic mass is 14.9. The smallest absolute Gasteiger partial charge is 0.00682 e. The molecule has 2 rings (SSSR count). The second kappa shape index (κ2) is 6.38. The summed E-state index contributed by atoms with van der Waals surface area (Å²) in [7, 11) is 0. The normalized spacial score (nSPS) is 16.8. The van der Waals surface area contributed by atoms with E-state index in [1.165, 1.54) is 55.3 Å². The van der Waals surface area contributed by atoms with Gasteiger partial charge in [-0.05, 0) is 75.1 Å². The van der Waals surface area contributed by atoms with E-state index in [0.29, 0.717) is 0 Å². The van der Waals surface area contributed by atoms with Crippen LogP contribution in [0.15, 0.2) is 18.2 Å². The fraction of sp³-hybridized carbons (Fsp3) is 0.647. The van der Waals surface area contributed by atoms with Crippen molar-refractivity contribution in [1.29, 1.82) is 0 Å². The maximum atomic E-state index is 3.60. The van der Waals surface area contributed by atoms with Crippen LogP contribution < -0.4 is 5.32 Å². The fourth-order valence-corrected chi connectivity index (χ4v) is 2.34. The van der Waals surface area contributed by atoms with Crippen LogP contribution in [0, 0.1) is 19.8 Å². The predicted molar refractivity (Wildman–Crippen MR) is 79.0 cm³/mol. The van der Waals surface area contributed by atoms with Crippen LogP contribution >= 0.6 is 0 Å². The molecule has 0 aliphatic heterocycles. The monoisotopic (exact) mass is 245 g/mol. The third kappa shape index (κ3) is 4.45. The van der Waals surface area contributed by atoms with Crippen LogP contribution in [0.4, 0.5) is 0 Å². The summed E-state index contributed by atoms with van der Waals surface area (Å²) >= 11 is 0. The molecule has 1 atom stereocenters. The summed E-state index contributed by atoms with van der Waals surface area (Å²) < 4.78 is 0. The van der Waals surface area contributed by atoms with Crippen molar-refractivity contribution in [3.8, 4) is 0 Å². The number of benzene rings is 1. The van der Waals surface area contributed by atoms with Gasteiger partial charge < -0.3 is 5.32 Å². The molecule has 100 valence electrons. The summed E-state index contributed by atoms with van der Waals surface area (Å²) in [4.78, 5) is 0. The van der Waals surface area contributed by atoms with Crippen LogP contribution in [0.3, 0.4) is 0 Å². The Morgan fingerprint density at radius 1 is 1.17 bits per heavy atom. The summed E-state index contributed by atoms with van der Waals surface area (Å²) in [6.45, 7) is 7.99. The first-order chi connectivity index (χ1) is 8.65. The number of rotatable bonds is 7. The first-order valence-electron chi connectivity index (χ1n) is 7.44. The van der Waals surface area contributed by atoms with Crippen LogP contribution in [0.1, 0.15) is 49.3 Å². The van der Waals surface area contributed by atoms with Gasteiger partial charge in [-0.1, -0.05) is 25.1 Å². The first-order valence-corrected chi connectivity index (χ1v) is 7.44. The average molecular weight is 245 g/mol. The molecule has 0 spiro atoms. The molecular formula is C17H27N. The lowest BCUT2D eigenvalue weighted by molar-refractivity contribution is 0.469. The number of aryl methyl sites for hydroxylation is 3. The molecule has 1 aliphatic carbocycles. The summed E-state index contributed by atoms with van der Waals surface area (Å²) in [5.74, 6) is 0.831. The van der Waals surface area contributed by atoms with Gasteiger partial charge in [-0.15, -0.1) is 0 Å². The predicted octanol–water partition coefficient (Wildman–Crippen LogP) is 4.01. The second-order valence-corrected chi connectivity index (χ2v) is 6.08. The quantitative estimate of drug-likeness (QED) is 0.765. The molecule has 1 unspecified atom stereocenters. The largest absolute Gasteiger partial charge is 0.314 e. The molecule has 0 heterocycles. The highest BCUT2D eigenvalue weighted by molar-refractivity contribution is 5.29. The topological polar surface area (TPSA) is 12.0 Å². The minimum absolute atomic E-state index is 0.831. The van der Waals surface area contributed by atoms with Gasteiger partial charge in [0.1, 0.15) is 0 Å². The van der Waals surface area contributed by atoms with Crippen molar-refractivity contribution in [2.75, 3.05) is 6.54 Å². The molecule has 1 fully saturated rings. The minimum atomic E-state index is 0.831. The van der Waals surface area contributed by atoms with Crippen molar-refractivity contribution in [1.82, 2.24) is 5.32 Å². The second-order valence-electron chi connectivity index (χ2n) is 6.08. The van der Waals surface area contributed by atoms with E-state index in [0.717, 1.165) is 12.0 Å². The van der Waals surface area contributed by atoms with Gasteiger partial charge in [-0.3, -0.25) is 0 Å². The van der Waals surface area contributed by atoms with E-state index in [4.69, 9.17) is 0 Å². The summed E-state index contributed by atoms with van der Waals surface area (Å²) in [5, 5.41) is 3.60. The molecule has 1 N–H and O–H groups in total. The third-order valence-electron chi connectivity index (χ3n) is 4.14. The van der Waals surface area contributed by atoms with Gasteiger partial charge in [0, 0.05) is 6.04 Å². The van der Waals surface area contributed by atoms with Gasteiger partial charge >= 0.3 is 0 Å². The van der Waals surface area contributed by atoms with Crippen LogP contribution in [0.5, 0.6) is 0 Å². The molecule has 1 aromatic rings. The Bertz CT molecular complexity index is 379. The molecule has 0 radical (unpaired) electrons. The number of nitrogens with one attached hydrogen (secondary N) is 1. The van der Waals surface area contributed by atoms with Gasteiger partial charge in [-0.25, -0.2) is 0 Å². The van der Waals surface area contributed by atoms with Gasteiger partial charge in [0.05, 0.1) is 0 Å². The van der Waals surface area contributed by atoms with Crippen molar-refractivity contribution in [3.63, 3.8) is 0 Å². The standard InChI is InChI=1S/C17H27N/c1-13(10-11-18-17-8-9-17)4-6-16-7-5-14(2)15(3)12-16/h5,7,12-13,17-18H,4,6,8-11H2,1-3H3. The van der Waals surface area contributed by atoms with Crippen LogP contribution in [-0.4, -0.2) is 12.6 Å². The van der Waals surface area contributed by atoms with E-state index in [2.05, 4.69) is 44.3 Å². The van der Waals surface area contributed by atoms with Gasteiger partial charge in [0.15, 0.2) is 0 Å². The van der Waals surface area contributed by atoms with Crippen LogP contribution in [-0.2, 0) is 6.42 Å². The third-order valence-corrected chi connectivity index (χ3v) is 4.14. The minimum Gasteiger partial charge on any atom is -0.314 e. The lowest BCUT2D eigenvalue weighted by Gasteiger charge is -2.12. The summed E-state index contributed by atoms with van der Waals surface area (Å²) in [6.07, 6.45) is 6.66. The Labute approximate surface area is 112 Å². The molecule has 0 aromatic heterocycles. The maximum Gasteiger partial charge on any atom is 0.00682 e. The Kier molecular flexibility index (Phi) is 4.82. The Morgan fingerprint density at radius 2 is 1.94 bits per heavy atom. The summed E-state index contributed by atoms with van der Waals surface area (Å²) in [6, 6.07) is 7.75. The molecule has 1 aromatic carbocycles. The average Bonchev–Trinajstić information content (AvgIpc) is 3.15. The number of hydrogen-bond acceptors (Lipinski definition) is 1. The zero-order valence-corrected chi connectivity index (χ0v) is 12.1. The van der Waals surface area contributed by atoms with Gasteiger partial charge in [0.2, 0.25) is 0 Å². The maximum absolute atomic E-state index is 3.60. The van der Waals surface area contributed by atoms with E-state index in [-0.39, 0.29) is 0 Å². The van der Waals surface area contributed by atoms with E-state index in [1.807, 2.05) is 0 Å². The molecule has 1 saturated carbocycles. The van der Waals surface area contributed by atoms with Crippen molar-refractivity contribution in [2.24, 2.45) is 5.92 Å².